The van der Waals surface area contributed by atoms with Gasteiger partial charge in [0, 0.05) is 23.5 Å². The van der Waals surface area contributed by atoms with Crippen LogP contribution >= 0.6 is 0 Å². The van der Waals surface area contributed by atoms with Crippen molar-refractivity contribution in [1.29, 1.82) is 0 Å². The molecule has 6 heteroatoms. The lowest BCUT2D eigenvalue weighted by Crippen LogP contribution is -2.64. The number of nitrogens with zero attached hydrogens (tertiary/aromatic N) is 1. The first-order chi connectivity index (χ1) is 6.06. The molecule has 0 aromatic rings. The molecule has 1 N–H and O–H groups in total. The predicted octanol–water partition coefficient (Wildman–Crippen LogP) is -0.983. The molecule has 0 saturated carbocycles. The second-order valence-corrected chi connectivity index (χ2v) is 4.68. The van der Waals surface area contributed by atoms with Crippen LogP contribution in [0.4, 0.5) is 0 Å². The van der Waals surface area contributed by atoms with Crippen LogP contribution in [0.1, 0.15) is 13.8 Å². The van der Waals surface area contributed by atoms with Gasteiger partial charge in [-0.3, -0.25) is 24.2 Å². The van der Waals surface area contributed by atoms with Gasteiger partial charge in [-0.2, -0.15) is 0 Å². The monoisotopic (exact) mass is 204 g/mol. The van der Waals surface area contributed by atoms with E-state index in [1.807, 2.05) is 0 Å². The van der Waals surface area contributed by atoms with Gasteiger partial charge in [0.15, 0.2) is 0 Å². The van der Waals surface area contributed by atoms with Crippen molar-refractivity contribution < 1.29 is 13.8 Å². The molecular weight excluding hydrogens is 192 g/mol. The average Bonchev–Trinajstić information content (AvgIpc) is 2.09. The highest BCUT2D eigenvalue weighted by Crippen LogP contribution is 2.13. The minimum Gasteiger partial charge on any atom is -0.274 e. The molecule has 5 nitrogen and oxygen atoms in total. The van der Waals surface area contributed by atoms with Crippen molar-refractivity contribution in [3.05, 3.63) is 0 Å². The smallest absolute Gasteiger partial charge is 0.258 e. The molecule has 0 bridgehead atoms. The number of amides is 2. The standard InChI is InChI=1S/C7H12N2O3S/c1-3-13(12)6-4-9(7(6)11)8-5(2)10/h6H,3-4H2,1-2H3,(H,8,10). The van der Waals surface area contributed by atoms with Crippen molar-refractivity contribution in [1.82, 2.24) is 10.4 Å². The molecule has 74 valence electrons. The van der Waals surface area contributed by atoms with Crippen LogP contribution < -0.4 is 5.43 Å². The summed E-state index contributed by atoms with van der Waals surface area (Å²) in [7, 11) is -1.09. The molecule has 1 aliphatic rings. The summed E-state index contributed by atoms with van der Waals surface area (Å²) in [6.07, 6.45) is 0. The minimum atomic E-state index is -1.09. The van der Waals surface area contributed by atoms with Crippen molar-refractivity contribution >= 4 is 22.6 Å². The normalized spacial score (nSPS) is 23.7. The van der Waals surface area contributed by atoms with E-state index in [-0.39, 0.29) is 11.8 Å². The molecular formula is C7H12N2O3S. The van der Waals surface area contributed by atoms with Gasteiger partial charge < -0.3 is 0 Å². The Morgan fingerprint density at radius 2 is 2.38 bits per heavy atom. The Bertz CT molecular complexity index is 266. The highest BCUT2D eigenvalue weighted by atomic mass is 32.2. The van der Waals surface area contributed by atoms with Crippen molar-refractivity contribution in [3.8, 4) is 0 Å². The van der Waals surface area contributed by atoms with E-state index in [9.17, 15) is 13.8 Å². The predicted molar refractivity (Wildman–Crippen MR) is 48.0 cm³/mol. The van der Waals surface area contributed by atoms with Crippen molar-refractivity contribution in [3.63, 3.8) is 0 Å². The maximum Gasteiger partial charge on any atom is 0.258 e. The van der Waals surface area contributed by atoms with Crippen molar-refractivity contribution in [2.75, 3.05) is 12.3 Å². The van der Waals surface area contributed by atoms with Crippen LogP contribution in [-0.4, -0.2) is 38.6 Å². The van der Waals surface area contributed by atoms with E-state index in [1.54, 1.807) is 6.92 Å². The number of hydrogen-bond donors (Lipinski definition) is 1. The molecule has 0 aromatic carbocycles. The van der Waals surface area contributed by atoms with E-state index >= 15 is 0 Å². The van der Waals surface area contributed by atoms with Gasteiger partial charge in [0.05, 0.1) is 6.54 Å². The number of carbonyl (C=O) groups excluding carboxylic acids is 2. The zero-order chi connectivity index (χ0) is 10.0. The first-order valence-corrected chi connectivity index (χ1v) is 5.40. The van der Waals surface area contributed by atoms with Gasteiger partial charge in [0.2, 0.25) is 5.91 Å². The summed E-state index contributed by atoms with van der Waals surface area (Å²) in [6.45, 7) is 3.46. The molecule has 13 heavy (non-hydrogen) atoms. The van der Waals surface area contributed by atoms with E-state index in [4.69, 9.17) is 0 Å². The van der Waals surface area contributed by atoms with Gasteiger partial charge in [0.25, 0.3) is 5.91 Å². The van der Waals surface area contributed by atoms with Crippen LogP contribution in [0, 0.1) is 0 Å². The van der Waals surface area contributed by atoms with Crippen LogP contribution in [0.5, 0.6) is 0 Å². The molecule has 1 heterocycles. The summed E-state index contributed by atoms with van der Waals surface area (Å²) in [5.74, 6) is -0.0610. The first-order valence-electron chi connectivity index (χ1n) is 4.02. The molecule has 0 aromatic heterocycles. The summed E-state index contributed by atoms with van der Waals surface area (Å²) in [4.78, 5) is 21.8. The van der Waals surface area contributed by atoms with Gasteiger partial charge in [0.1, 0.15) is 5.25 Å². The van der Waals surface area contributed by atoms with E-state index < -0.39 is 16.0 Å². The number of β-lactam (4-membered cyclic amide) rings is 1. The summed E-state index contributed by atoms with van der Waals surface area (Å²) >= 11 is 0. The Labute approximate surface area is 78.9 Å². The lowest BCUT2D eigenvalue weighted by atomic mass is 10.2. The number of hydrazine groups is 1. The minimum absolute atomic E-state index is 0.254. The zero-order valence-electron chi connectivity index (χ0n) is 7.57. The highest BCUT2D eigenvalue weighted by molar-refractivity contribution is 7.86. The molecule has 1 saturated heterocycles. The van der Waals surface area contributed by atoms with E-state index in [1.165, 1.54) is 11.9 Å². The quantitative estimate of drug-likeness (QED) is 0.601. The third kappa shape index (κ3) is 2.06. The van der Waals surface area contributed by atoms with Crippen LogP contribution in [0.25, 0.3) is 0 Å². The van der Waals surface area contributed by atoms with Gasteiger partial charge in [-0.05, 0) is 0 Å². The number of carbonyl (C=O) groups is 2. The van der Waals surface area contributed by atoms with Gasteiger partial charge in [-0.1, -0.05) is 6.92 Å². The summed E-state index contributed by atoms with van der Waals surface area (Å²) in [5, 5.41) is 0.775. The zero-order valence-corrected chi connectivity index (χ0v) is 8.39. The average molecular weight is 204 g/mol. The van der Waals surface area contributed by atoms with E-state index in [0.29, 0.717) is 12.3 Å². The highest BCUT2D eigenvalue weighted by Gasteiger charge is 2.41. The number of nitrogens with one attached hydrogen (secondary N) is 1. The van der Waals surface area contributed by atoms with Gasteiger partial charge >= 0.3 is 0 Å². The third-order valence-corrected chi connectivity index (χ3v) is 3.34. The van der Waals surface area contributed by atoms with E-state index in [0.717, 1.165) is 0 Å². The summed E-state index contributed by atoms with van der Waals surface area (Å²) in [5.41, 5.74) is 2.35. The van der Waals surface area contributed by atoms with Gasteiger partial charge in [-0.25, -0.2) is 0 Å². The molecule has 0 aliphatic carbocycles. The van der Waals surface area contributed by atoms with Crippen LogP contribution in [-0.2, 0) is 20.4 Å². The lowest BCUT2D eigenvalue weighted by Gasteiger charge is -2.36. The molecule has 2 atom stereocenters. The fourth-order valence-corrected chi connectivity index (χ4v) is 2.15. The van der Waals surface area contributed by atoms with Crippen molar-refractivity contribution in [2.24, 2.45) is 0 Å². The van der Waals surface area contributed by atoms with E-state index in [2.05, 4.69) is 5.43 Å². The third-order valence-electron chi connectivity index (χ3n) is 1.78. The summed E-state index contributed by atoms with van der Waals surface area (Å²) in [6, 6.07) is 0. The maximum absolute atomic E-state index is 11.2. The molecule has 2 unspecified atom stereocenters. The fraction of sp³-hybridized carbons (Fsp3) is 0.714. The number of rotatable bonds is 3. The maximum atomic E-state index is 11.2. The Balaban J connectivity index is 2.43. The molecule has 0 radical (unpaired) electrons. The first kappa shape index (κ1) is 10.2. The Morgan fingerprint density at radius 1 is 1.77 bits per heavy atom. The number of hydrogen-bond acceptors (Lipinski definition) is 3. The SMILES string of the molecule is CCS(=O)C1CN(NC(C)=O)C1=O. The Hall–Kier alpha value is -0.910. The molecule has 2 amide bonds. The Kier molecular flexibility index (Phi) is 3.02. The molecule has 1 rings (SSSR count). The van der Waals surface area contributed by atoms with Crippen LogP contribution in [0.3, 0.4) is 0 Å². The van der Waals surface area contributed by atoms with Crippen LogP contribution in [0.2, 0.25) is 0 Å². The Morgan fingerprint density at radius 3 is 2.77 bits per heavy atom. The largest absolute Gasteiger partial charge is 0.274 e. The molecule has 1 aliphatic heterocycles. The second kappa shape index (κ2) is 3.87. The fourth-order valence-electron chi connectivity index (χ4n) is 1.08. The van der Waals surface area contributed by atoms with Crippen LogP contribution in [0.15, 0.2) is 0 Å². The molecule has 0 spiro atoms. The van der Waals surface area contributed by atoms with Gasteiger partial charge in [-0.15, -0.1) is 0 Å². The topological polar surface area (TPSA) is 66.5 Å². The molecule has 1 fully saturated rings. The lowest BCUT2D eigenvalue weighted by molar-refractivity contribution is -0.148. The summed E-state index contributed by atoms with van der Waals surface area (Å²) < 4.78 is 11.2. The second-order valence-electron chi connectivity index (χ2n) is 2.77. The van der Waals surface area contributed by atoms with Crippen molar-refractivity contribution in [2.45, 2.75) is 19.1 Å².